The summed E-state index contributed by atoms with van der Waals surface area (Å²) in [5, 5.41) is 3.08. The highest BCUT2D eigenvalue weighted by Crippen LogP contribution is 2.19. The molecular formula is C15H18ClN3O. The van der Waals surface area contributed by atoms with E-state index in [0.29, 0.717) is 24.2 Å². The Balaban J connectivity index is 2.32. The van der Waals surface area contributed by atoms with E-state index in [0.717, 1.165) is 11.3 Å². The largest absolute Gasteiger partial charge is 0.335 e. The monoisotopic (exact) mass is 291 g/mol. The van der Waals surface area contributed by atoms with Gasteiger partial charge in [-0.05, 0) is 17.5 Å². The van der Waals surface area contributed by atoms with Crippen LogP contribution in [0.4, 0.5) is 11.5 Å². The molecule has 2 aromatic rings. The van der Waals surface area contributed by atoms with Crippen LogP contribution < -0.4 is 10.9 Å². The predicted molar refractivity (Wildman–Crippen MR) is 82.6 cm³/mol. The molecule has 0 unspecified atom stereocenters. The first kappa shape index (κ1) is 14.6. The highest BCUT2D eigenvalue weighted by molar-refractivity contribution is 6.17. The molecule has 1 aromatic heterocycles. The lowest BCUT2D eigenvalue weighted by Gasteiger charge is -2.12. The van der Waals surface area contributed by atoms with Crippen LogP contribution in [0.1, 0.15) is 19.4 Å². The molecule has 1 heterocycles. The molecule has 2 rings (SSSR count). The summed E-state index contributed by atoms with van der Waals surface area (Å²) in [4.78, 5) is 16.4. The number of benzene rings is 1. The zero-order valence-corrected chi connectivity index (χ0v) is 12.4. The topological polar surface area (TPSA) is 46.9 Å². The number of anilines is 2. The summed E-state index contributed by atoms with van der Waals surface area (Å²) in [6.07, 6.45) is 3.34. The lowest BCUT2D eigenvalue weighted by atomic mass is 10.2. The molecule has 0 spiro atoms. The lowest BCUT2D eigenvalue weighted by molar-refractivity contribution is 0.510. The average molecular weight is 292 g/mol. The third kappa shape index (κ3) is 3.39. The first-order chi connectivity index (χ1) is 9.61. The Morgan fingerprint density at radius 3 is 2.80 bits per heavy atom. The SMILES string of the molecule is CC(C)Cn1ccnc(Nc2ccccc2CCl)c1=O. The van der Waals surface area contributed by atoms with Gasteiger partial charge in [0.2, 0.25) is 0 Å². The lowest BCUT2D eigenvalue weighted by Crippen LogP contribution is -2.25. The van der Waals surface area contributed by atoms with Crippen molar-refractivity contribution in [3.05, 3.63) is 52.6 Å². The van der Waals surface area contributed by atoms with Crippen molar-refractivity contribution in [1.29, 1.82) is 0 Å². The van der Waals surface area contributed by atoms with E-state index in [1.807, 2.05) is 24.3 Å². The molecule has 0 atom stereocenters. The van der Waals surface area contributed by atoms with Crippen LogP contribution in [0.3, 0.4) is 0 Å². The summed E-state index contributed by atoms with van der Waals surface area (Å²) >= 11 is 5.89. The average Bonchev–Trinajstić information content (AvgIpc) is 2.43. The molecular weight excluding hydrogens is 274 g/mol. The van der Waals surface area contributed by atoms with Crippen molar-refractivity contribution in [2.75, 3.05) is 5.32 Å². The van der Waals surface area contributed by atoms with Gasteiger partial charge in [0.1, 0.15) is 0 Å². The van der Waals surface area contributed by atoms with E-state index in [1.54, 1.807) is 17.0 Å². The Labute approximate surface area is 123 Å². The molecule has 1 N–H and O–H groups in total. The van der Waals surface area contributed by atoms with E-state index in [2.05, 4.69) is 24.1 Å². The van der Waals surface area contributed by atoms with Crippen molar-refractivity contribution in [2.45, 2.75) is 26.3 Å². The number of alkyl halides is 1. The van der Waals surface area contributed by atoms with Crippen molar-refractivity contribution in [3.63, 3.8) is 0 Å². The van der Waals surface area contributed by atoms with E-state index >= 15 is 0 Å². The number of para-hydroxylation sites is 1. The standard InChI is InChI=1S/C15H18ClN3O/c1-11(2)10-19-8-7-17-14(15(19)20)18-13-6-4-3-5-12(13)9-16/h3-8,11H,9-10H2,1-2H3,(H,17,18). The number of halogens is 1. The van der Waals surface area contributed by atoms with Crippen molar-refractivity contribution < 1.29 is 0 Å². The smallest absolute Gasteiger partial charge is 0.293 e. The maximum absolute atomic E-state index is 12.3. The molecule has 0 saturated carbocycles. The normalized spacial score (nSPS) is 10.8. The Hall–Kier alpha value is -1.81. The van der Waals surface area contributed by atoms with Crippen LogP contribution in [-0.2, 0) is 12.4 Å². The highest BCUT2D eigenvalue weighted by Gasteiger charge is 2.08. The molecule has 0 aliphatic heterocycles. The molecule has 0 saturated heterocycles. The van der Waals surface area contributed by atoms with Crippen LogP contribution in [0, 0.1) is 5.92 Å². The van der Waals surface area contributed by atoms with Gasteiger partial charge in [0.05, 0.1) is 0 Å². The van der Waals surface area contributed by atoms with Crippen molar-refractivity contribution in [3.8, 4) is 0 Å². The van der Waals surface area contributed by atoms with Gasteiger partial charge >= 0.3 is 0 Å². The maximum atomic E-state index is 12.3. The fourth-order valence-corrected chi connectivity index (χ4v) is 2.19. The number of hydrogen-bond donors (Lipinski definition) is 1. The first-order valence-corrected chi connectivity index (χ1v) is 7.11. The molecule has 0 amide bonds. The predicted octanol–water partition coefficient (Wildman–Crippen LogP) is 3.38. The zero-order valence-electron chi connectivity index (χ0n) is 11.6. The molecule has 0 aliphatic carbocycles. The van der Waals surface area contributed by atoms with Crippen molar-refractivity contribution >= 4 is 23.1 Å². The van der Waals surface area contributed by atoms with Gasteiger partial charge in [0, 0.05) is 30.5 Å². The second-order valence-corrected chi connectivity index (χ2v) is 5.31. The molecule has 5 heteroatoms. The Bertz CT molecular complexity index is 637. The van der Waals surface area contributed by atoms with E-state index in [9.17, 15) is 4.79 Å². The molecule has 0 bridgehead atoms. The van der Waals surface area contributed by atoms with Crippen molar-refractivity contribution in [2.24, 2.45) is 5.92 Å². The summed E-state index contributed by atoms with van der Waals surface area (Å²) < 4.78 is 1.67. The third-order valence-electron chi connectivity index (χ3n) is 2.89. The van der Waals surface area contributed by atoms with E-state index in [4.69, 9.17) is 11.6 Å². The van der Waals surface area contributed by atoms with Gasteiger partial charge in [-0.3, -0.25) is 4.79 Å². The highest BCUT2D eigenvalue weighted by atomic mass is 35.5. The van der Waals surface area contributed by atoms with Gasteiger partial charge in [-0.15, -0.1) is 11.6 Å². The summed E-state index contributed by atoms with van der Waals surface area (Å²) in [6, 6.07) is 7.62. The van der Waals surface area contributed by atoms with E-state index < -0.39 is 0 Å². The molecule has 0 aliphatic rings. The molecule has 106 valence electrons. The van der Waals surface area contributed by atoms with Crippen LogP contribution in [0.2, 0.25) is 0 Å². The summed E-state index contributed by atoms with van der Waals surface area (Å²) in [7, 11) is 0. The molecule has 0 fully saturated rings. The fraction of sp³-hybridized carbons (Fsp3) is 0.333. The van der Waals surface area contributed by atoms with Gasteiger partial charge in [-0.1, -0.05) is 32.0 Å². The molecule has 0 radical (unpaired) electrons. The quantitative estimate of drug-likeness (QED) is 0.859. The summed E-state index contributed by atoms with van der Waals surface area (Å²) in [6.45, 7) is 4.82. The van der Waals surface area contributed by atoms with Crippen LogP contribution in [0.25, 0.3) is 0 Å². The second kappa shape index (κ2) is 6.57. The van der Waals surface area contributed by atoms with Gasteiger partial charge in [0.15, 0.2) is 5.82 Å². The van der Waals surface area contributed by atoms with E-state index in [1.165, 1.54) is 0 Å². The fourth-order valence-electron chi connectivity index (χ4n) is 1.96. The van der Waals surface area contributed by atoms with Crippen LogP contribution in [0.5, 0.6) is 0 Å². The molecule has 20 heavy (non-hydrogen) atoms. The first-order valence-electron chi connectivity index (χ1n) is 6.58. The molecule has 4 nitrogen and oxygen atoms in total. The van der Waals surface area contributed by atoms with Crippen LogP contribution in [0.15, 0.2) is 41.5 Å². The minimum Gasteiger partial charge on any atom is -0.335 e. The number of nitrogens with zero attached hydrogens (tertiary/aromatic N) is 2. The number of rotatable bonds is 5. The maximum Gasteiger partial charge on any atom is 0.293 e. The van der Waals surface area contributed by atoms with Crippen molar-refractivity contribution in [1.82, 2.24) is 9.55 Å². The third-order valence-corrected chi connectivity index (χ3v) is 3.18. The Morgan fingerprint density at radius 1 is 1.35 bits per heavy atom. The minimum atomic E-state index is -0.120. The zero-order chi connectivity index (χ0) is 14.5. The second-order valence-electron chi connectivity index (χ2n) is 5.04. The van der Waals surface area contributed by atoms with Crippen LogP contribution >= 0.6 is 11.6 Å². The number of nitrogens with one attached hydrogen (secondary N) is 1. The summed E-state index contributed by atoms with van der Waals surface area (Å²) in [5.74, 6) is 1.11. The van der Waals surface area contributed by atoms with Gasteiger partial charge in [-0.2, -0.15) is 0 Å². The van der Waals surface area contributed by atoms with Gasteiger partial charge in [-0.25, -0.2) is 4.98 Å². The summed E-state index contributed by atoms with van der Waals surface area (Å²) in [5.41, 5.74) is 1.63. The molecule has 1 aromatic carbocycles. The van der Waals surface area contributed by atoms with Gasteiger partial charge < -0.3 is 9.88 Å². The Kier molecular flexibility index (Phi) is 4.79. The number of hydrogen-bond acceptors (Lipinski definition) is 3. The van der Waals surface area contributed by atoms with Gasteiger partial charge in [0.25, 0.3) is 5.56 Å². The number of aromatic nitrogens is 2. The Morgan fingerprint density at radius 2 is 2.10 bits per heavy atom. The van der Waals surface area contributed by atoms with E-state index in [-0.39, 0.29) is 5.56 Å². The van der Waals surface area contributed by atoms with Crippen LogP contribution in [-0.4, -0.2) is 9.55 Å². The minimum absolute atomic E-state index is 0.120.